The number of ether oxygens (including phenoxy) is 3. The van der Waals surface area contributed by atoms with E-state index in [1.807, 2.05) is 61.5 Å². The smallest absolute Gasteiger partial charge is 0.250 e. The molecule has 1 saturated heterocycles. The first-order chi connectivity index (χ1) is 18.6. The summed E-state index contributed by atoms with van der Waals surface area (Å²) < 4.78 is 17.2. The molecule has 1 N–H and O–H groups in total. The Morgan fingerprint density at radius 3 is 2.61 bits per heavy atom. The van der Waals surface area contributed by atoms with Crippen LogP contribution >= 0.6 is 11.6 Å². The third-order valence-electron chi connectivity index (χ3n) is 5.96. The highest BCUT2D eigenvalue weighted by Gasteiger charge is 2.14. The van der Waals surface area contributed by atoms with E-state index >= 15 is 0 Å². The second-order valence-corrected chi connectivity index (χ2v) is 9.16. The lowest BCUT2D eigenvalue weighted by Gasteiger charge is -2.28. The number of aromatic nitrogens is 2. The molecule has 0 aliphatic carbocycles. The maximum absolute atomic E-state index is 6.20. The van der Waals surface area contributed by atoms with Gasteiger partial charge in [0, 0.05) is 35.7 Å². The third kappa shape index (κ3) is 6.40. The molecule has 38 heavy (non-hydrogen) atoms. The lowest BCUT2D eigenvalue weighted by molar-refractivity contribution is 0.122. The lowest BCUT2D eigenvalue weighted by Crippen LogP contribution is -2.36. The van der Waals surface area contributed by atoms with Crippen molar-refractivity contribution in [2.45, 2.75) is 6.92 Å². The number of aryl methyl sites for hydroxylation is 1. The predicted molar refractivity (Wildman–Crippen MR) is 151 cm³/mol. The van der Waals surface area contributed by atoms with Crippen molar-refractivity contribution in [1.82, 2.24) is 9.97 Å². The van der Waals surface area contributed by atoms with Gasteiger partial charge in [0.05, 0.1) is 26.5 Å². The number of nitrogens with zero attached hydrogens (tertiary/aromatic N) is 4. The highest BCUT2D eigenvalue weighted by molar-refractivity contribution is 6.30. The Kier molecular flexibility index (Phi) is 8.01. The molecule has 1 fully saturated rings. The van der Waals surface area contributed by atoms with Crippen molar-refractivity contribution >= 4 is 40.8 Å². The molecule has 1 aliphatic heterocycles. The zero-order valence-corrected chi connectivity index (χ0v) is 22.0. The second kappa shape index (κ2) is 11.9. The molecule has 9 heteroatoms. The number of benzene rings is 3. The minimum absolute atomic E-state index is 0.285. The SMILES string of the molecule is COc1cc(C)ccc1Oc1nc(Nc2ccc(N3CCOCC3)cc2)ncc1/N=C/c1cccc(Cl)c1. The highest BCUT2D eigenvalue weighted by Crippen LogP contribution is 2.36. The number of halogens is 1. The molecule has 3 aromatic carbocycles. The number of hydrogen-bond acceptors (Lipinski definition) is 8. The average Bonchev–Trinajstić information content (AvgIpc) is 2.94. The molecule has 0 saturated carbocycles. The number of methoxy groups -OCH3 is 1. The first kappa shape index (κ1) is 25.5. The van der Waals surface area contributed by atoms with Gasteiger partial charge in [-0.3, -0.25) is 0 Å². The molecular formula is C29H28ClN5O3. The summed E-state index contributed by atoms with van der Waals surface area (Å²) >= 11 is 6.12. The summed E-state index contributed by atoms with van der Waals surface area (Å²) in [6.07, 6.45) is 3.32. The number of anilines is 3. The van der Waals surface area contributed by atoms with Gasteiger partial charge in [0.2, 0.25) is 5.95 Å². The van der Waals surface area contributed by atoms with Crippen molar-refractivity contribution in [3.8, 4) is 17.4 Å². The van der Waals surface area contributed by atoms with E-state index in [1.165, 1.54) is 0 Å². The van der Waals surface area contributed by atoms with Crippen molar-refractivity contribution in [1.29, 1.82) is 0 Å². The van der Waals surface area contributed by atoms with Crippen LogP contribution in [0.2, 0.25) is 5.02 Å². The molecular weight excluding hydrogens is 502 g/mol. The minimum atomic E-state index is 0.285. The molecule has 0 amide bonds. The van der Waals surface area contributed by atoms with Gasteiger partial charge in [-0.2, -0.15) is 4.98 Å². The van der Waals surface area contributed by atoms with Crippen LogP contribution in [-0.4, -0.2) is 49.6 Å². The van der Waals surface area contributed by atoms with Crippen LogP contribution in [0, 0.1) is 6.92 Å². The molecule has 2 heterocycles. The van der Waals surface area contributed by atoms with Crippen molar-refractivity contribution in [2.24, 2.45) is 4.99 Å². The van der Waals surface area contributed by atoms with E-state index < -0.39 is 0 Å². The maximum Gasteiger partial charge on any atom is 0.250 e. The van der Waals surface area contributed by atoms with Gasteiger partial charge < -0.3 is 24.4 Å². The fourth-order valence-corrected chi connectivity index (χ4v) is 4.18. The average molecular weight is 530 g/mol. The zero-order valence-electron chi connectivity index (χ0n) is 21.2. The summed E-state index contributed by atoms with van der Waals surface area (Å²) in [4.78, 5) is 16.0. The van der Waals surface area contributed by atoms with Crippen molar-refractivity contribution in [2.75, 3.05) is 43.6 Å². The monoisotopic (exact) mass is 529 g/mol. The van der Waals surface area contributed by atoms with E-state index in [4.69, 9.17) is 25.8 Å². The van der Waals surface area contributed by atoms with E-state index in [1.54, 1.807) is 19.5 Å². The Bertz CT molecular complexity index is 1420. The molecule has 5 rings (SSSR count). The summed E-state index contributed by atoms with van der Waals surface area (Å²) in [6.45, 7) is 5.25. The topological polar surface area (TPSA) is 81.1 Å². The van der Waals surface area contributed by atoms with Crippen LogP contribution in [0.15, 0.2) is 77.9 Å². The molecule has 0 bridgehead atoms. The number of nitrogens with one attached hydrogen (secondary N) is 1. The number of morpholine rings is 1. The van der Waals surface area contributed by atoms with Crippen LogP contribution in [0.5, 0.6) is 17.4 Å². The van der Waals surface area contributed by atoms with Crippen molar-refractivity contribution in [3.63, 3.8) is 0 Å². The Hall–Kier alpha value is -4.14. The number of rotatable bonds is 8. The fraction of sp³-hybridized carbons (Fsp3) is 0.207. The van der Waals surface area contributed by atoms with Gasteiger partial charge in [-0.15, -0.1) is 0 Å². The van der Waals surface area contributed by atoms with Crippen molar-refractivity contribution in [3.05, 3.63) is 89.1 Å². The first-order valence-electron chi connectivity index (χ1n) is 12.3. The highest BCUT2D eigenvalue weighted by atomic mass is 35.5. The molecule has 1 aliphatic rings. The molecule has 4 aromatic rings. The zero-order chi connectivity index (χ0) is 26.3. The van der Waals surface area contributed by atoms with Crippen LogP contribution in [0.3, 0.4) is 0 Å². The van der Waals surface area contributed by atoms with E-state index in [0.717, 1.165) is 48.8 Å². The standard InChI is InChI=1S/C29H28ClN5O3/c1-20-6-11-26(27(16-20)36-2)38-28-25(31-18-21-4-3-5-22(30)17-21)19-32-29(34-28)33-23-7-9-24(10-8-23)35-12-14-37-15-13-35/h3-11,16-19H,12-15H2,1-2H3,(H,32,33,34)/b31-18+. The van der Waals surface area contributed by atoms with E-state index in [0.29, 0.717) is 28.2 Å². The van der Waals surface area contributed by atoms with Crippen LogP contribution in [0.25, 0.3) is 0 Å². The van der Waals surface area contributed by atoms with Gasteiger partial charge in [-0.25, -0.2) is 9.98 Å². The lowest BCUT2D eigenvalue weighted by atomic mass is 10.2. The van der Waals surface area contributed by atoms with Crippen molar-refractivity contribution < 1.29 is 14.2 Å². The Morgan fingerprint density at radius 1 is 1.03 bits per heavy atom. The van der Waals surface area contributed by atoms with Gasteiger partial charge >= 0.3 is 0 Å². The van der Waals surface area contributed by atoms with E-state index in [9.17, 15) is 0 Å². The second-order valence-electron chi connectivity index (χ2n) is 8.72. The molecule has 194 valence electrons. The molecule has 0 unspecified atom stereocenters. The van der Waals surface area contributed by atoms with Gasteiger partial charge in [0.25, 0.3) is 5.88 Å². The van der Waals surface area contributed by atoms with Gasteiger partial charge in [-0.1, -0.05) is 29.8 Å². The summed E-state index contributed by atoms with van der Waals surface area (Å²) in [5, 5.41) is 3.89. The van der Waals surface area contributed by atoms with Gasteiger partial charge in [0.1, 0.15) is 5.69 Å². The Morgan fingerprint density at radius 2 is 1.84 bits per heavy atom. The van der Waals surface area contributed by atoms with Crippen LogP contribution < -0.4 is 19.7 Å². The van der Waals surface area contributed by atoms with E-state index in [2.05, 4.69) is 37.3 Å². The normalized spacial score (nSPS) is 13.5. The van der Waals surface area contributed by atoms with Crippen LogP contribution in [-0.2, 0) is 4.74 Å². The summed E-state index contributed by atoms with van der Waals surface area (Å²) in [5.74, 6) is 1.79. The summed E-state index contributed by atoms with van der Waals surface area (Å²) in [6, 6.07) is 21.3. The molecule has 1 aromatic heterocycles. The fourth-order valence-electron chi connectivity index (χ4n) is 3.98. The molecule has 0 atom stereocenters. The molecule has 8 nitrogen and oxygen atoms in total. The number of hydrogen-bond donors (Lipinski definition) is 1. The quantitative estimate of drug-likeness (QED) is 0.258. The first-order valence-corrected chi connectivity index (χ1v) is 12.6. The largest absolute Gasteiger partial charge is 0.493 e. The minimum Gasteiger partial charge on any atom is -0.493 e. The van der Waals surface area contributed by atoms with Crippen LogP contribution in [0.4, 0.5) is 23.0 Å². The number of aliphatic imine (C=N–C) groups is 1. The Balaban J connectivity index is 1.42. The summed E-state index contributed by atoms with van der Waals surface area (Å²) in [5.41, 5.74) is 4.37. The van der Waals surface area contributed by atoms with Crippen LogP contribution in [0.1, 0.15) is 11.1 Å². The Labute approximate surface area is 226 Å². The summed E-state index contributed by atoms with van der Waals surface area (Å²) in [7, 11) is 1.60. The molecule has 0 spiro atoms. The molecule has 0 radical (unpaired) electrons. The van der Waals surface area contributed by atoms with Gasteiger partial charge in [-0.05, 0) is 66.6 Å². The maximum atomic E-state index is 6.20. The van der Waals surface area contributed by atoms with E-state index in [-0.39, 0.29) is 5.88 Å². The van der Waals surface area contributed by atoms with Gasteiger partial charge in [0.15, 0.2) is 11.5 Å². The third-order valence-corrected chi connectivity index (χ3v) is 6.20. The predicted octanol–water partition coefficient (Wildman–Crippen LogP) is 6.57.